The van der Waals surface area contributed by atoms with Gasteiger partial charge < -0.3 is 15.0 Å². The third kappa shape index (κ3) is 5.25. The minimum atomic E-state index is 0.284. The van der Waals surface area contributed by atoms with Gasteiger partial charge in [-0.3, -0.25) is 9.67 Å². The number of aliphatic imine (C=N–C) groups is 1. The van der Waals surface area contributed by atoms with Crippen LogP contribution in [0.4, 0.5) is 0 Å². The van der Waals surface area contributed by atoms with Crippen LogP contribution in [0, 0.1) is 0 Å². The Kier molecular flexibility index (Phi) is 6.52. The van der Waals surface area contributed by atoms with Gasteiger partial charge in [-0.15, -0.1) is 0 Å². The Balaban J connectivity index is 1.50. The molecule has 1 saturated heterocycles. The lowest BCUT2D eigenvalue weighted by Gasteiger charge is -2.34. The lowest BCUT2D eigenvalue weighted by molar-refractivity contribution is 0.129. The van der Waals surface area contributed by atoms with Gasteiger partial charge >= 0.3 is 0 Å². The lowest BCUT2D eigenvalue weighted by Crippen LogP contribution is -2.47. The van der Waals surface area contributed by atoms with Crippen LogP contribution in [0.3, 0.4) is 0 Å². The zero-order valence-corrected chi connectivity index (χ0v) is 15.8. The zero-order chi connectivity index (χ0) is 18.2. The third-order valence-corrected chi connectivity index (χ3v) is 4.54. The molecule has 1 aliphatic heterocycles. The summed E-state index contributed by atoms with van der Waals surface area (Å²) in [5, 5.41) is 7.63. The van der Waals surface area contributed by atoms with Crippen LogP contribution in [-0.4, -0.2) is 52.9 Å². The average molecular weight is 355 g/mol. The standard InChI is InChI=1S/C20H29N5O/c1-3-21-20(22-12-9-17-15-23-24(2)16-17)25-13-10-19(11-14-25)26-18-7-5-4-6-8-18/h4-8,15-16,19H,3,9-14H2,1-2H3,(H,21,22). The summed E-state index contributed by atoms with van der Waals surface area (Å²) in [6.45, 7) is 5.70. The molecule has 6 heteroatoms. The molecule has 0 bridgehead atoms. The quantitative estimate of drug-likeness (QED) is 0.639. The van der Waals surface area contributed by atoms with Crippen LogP contribution in [0.2, 0.25) is 0 Å². The summed E-state index contributed by atoms with van der Waals surface area (Å²) in [7, 11) is 1.94. The molecule has 3 rings (SSSR count). The van der Waals surface area contributed by atoms with Gasteiger partial charge in [0.25, 0.3) is 0 Å². The molecule has 140 valence electrons. The Labute approximate surface area is 155 Å². The Hall–Kier alpha value is -2.50. The van der Waals surface area contributed by atoms with E-state index in [4.69, 9.17) is 9.73 Å². The number of likely N-dealkylation sites (tertiary alicyclic amines) is 1. The molecular formula is C20H29N5O. The van der Waals surface area contributed by atoms with Crippen molar-refractivity contribution in [2.45, 2.75) is 32.3 Å². The maximum absolute atomic E-state index is 6.09. The van der Waals surface area contributed by atoms with Crippen molar-refractivity contribution in [3.8, 4) is 5.75 Å². The van der Waals surface area contributed by atoms with E-state index in [0.29, 0.717) is 0 Å². The van der Waals surface area contributed by atoms with Crippen LogP contribution in [0.5, 0.6) is 5.75 Å². The van der Waals surface area contributed by atoms with E-state index in [2.05, 4.69) is 28.4 Å². The van der Waals surface area contributed by atoms with Crippen molar-refractivity contribution in [2.75, 3.05) is 26.2 Å². The Morgan fingerprint density at radius 1 is 1.27 bits per heavy atom. The van der Waals surface area contributed by atoms with Crippen LogP contribution in [0.15, 0.2) is 47.7 Å². The van der Waals surface area contributed by atoms with E-state index in [-0.39, 0.29) is 6.10 Å². The average Bonchev–Trinajstić information content (AvgIpc) is 3.08. The Morgan fingerprint density at radius 2 is 2.04 bits per heavy atom. The van der Waals surface area contributed by atoms with Gasteiger partial charge in [0.05, 0.1) is 6.20 Å². The molecule has 0 aliphatic carbocycles. The molecule has 2 aromatic rings. The maximum Gasteiger partial charge on any atom is 0.193 e. The topological polar surface area (TPSA) is 54.7 Å². The number of benzene rings is 1. The molecule has 0 spiro atoms. The molecule has 1 fully saturated rings. The molecule has 2 heterocycles. The number of hydrogen-bond acceptors (Lipinski definition) is 3. The first-order valence-electron chi connectivity index (χ1n) is 9.47. The SMILES string of the molecule is CCNC(=NCCc1cnn(C)c1)N1CCC(Oc2ccccc2)CC1. The van der Waals surface area contributed by atoms with Crippen LogP contribution in [0.1, 0.15) is 25.3 Å². The predicted molar refractivity (Wildman–Crippen MR) is 105 cm³/mol. The number of piperidine rings is 1. The van der Waals surface area contributed by atoms with Crippen LogP contribution < -0.4 is 10.1 Å². The molecule has 0 atom stereocenters. The van der Waals surface area contributed by atoms with Crippen molar-refractivity contribution < 1.29 is 4.74 Å². The van der Waals surface area contributed by atoms with Crippen molar-refractivity contribution in [2.24, 2.45) is 12.0 Å². The van der Waals surface area contributed by atoms with Crippen LogP contribution in [-0.2, 0) is 13.5 Å². The number of aryl methyl sites for hydroxylation is 1. The molecule has 6 nitrogen and oxygen atoms in total. The minimum Gasteiger partial charge on any atom is -0.490 e. The van der Waals surface area contributed by atoms with E-state index in [1.54, 1.807) is 0 Å². The number of nitrogens with zero attached hydrogens (tertiary/aromatic N) is 4. The van der Waals surface area contributed by atoms with Gasteiger partial charge in [-0.25, -0.2) is 0 Å². The second-order valence-corrected chi connectivity index (χ2v) is 6.63. The van der Waals surface area contributed by atoms with Gasteiger partial charge in [0.15, 0.2) is 5.96 Å². The van der Waals surface area contributed by atoms with E-state index in [9.17, 15) is 0 Å². The van der Waals surface area contributed by atoms with Crippen LogP contribution >= 0.6 is 0 Å². The van der Waals surface area contributed by atoms with Gasteiger partial charge in [0.1, 0.15) is 11.9 Å². The van der Waals surface area contributed by atoms with E-state index < -0.39 is 0 Å². The van der Waals surface area contributed by atoms with E-state index in [1.807, 2.05) is 48.3 Å². The lowest BCUT2D eigenvalue weighted by atomic mass is 10.1. The summed E-state index contributed by atoms with van der Waals surface area (Å²) in [4.78, 5) is 7.15. The van der Waals surface area contributed by atoms with Crippen molar-refractivity contribution in [1.82, 2.24) is 20.0 Å². The van der Waals surface area contributed by atoms with E-state index in [0.717, 1.165) is 57.2 Å². The summed E-state index contributed by atoms with van der Waals surface area (Å²) >= 11 is 0. The first-order chi connectivity index (χ1) is 12.7. The number of guanidine groups is 1. The number of para-hydroxylation sites is 1. The minimum absolute atomic E-state index is 0.284. The third-order valence-electron chi connectivity index (χ3n) is 4.54. The fourth-order valence-corrected chi connectivity index (χ4v) is 3.19. The summed E-state index contributed by atoms with van der Waals surface area (Å²) < 4.78 is 7.92. The molecule has 1 aromatic heterocycles. The van der Waals surface area contributed by atoms with E-state index >= 15 is 0 Å². The van der Waals surface area contributed by atoms with Crippen molar-refractivity contribution in [1.29, 1.82) is 0 Å². The van der Waals surface area contributed by atoms with Crippen molar-refractivity contribution in [3.05, 3.63) is 48.3 Å². The highest BCUT2D eigenvalue weighted by atomic mass is 16.5. The van der Waals surface area contributed by atoms with Gasteiger partial charge in [-0.05, 0) is 31.0 Å². The monoisotopic (exact) mass is 355 g/mol. The molecule has 1 N–H and O–H groups in total. The summed E-state index contributed by atoms with van der Waals surface area (Å²) in [5.41, 5.74) is 1.22. The molecule has 26 heavy (non-hydrogen) atoms. The van der Waals surface area contributed by atoms with Gasteiger partial charge in [-0.2, -0.15) is 5.10 Å². The highest BCUT2D eigenvalue weighted by molar-refractivity contribution is 5.80. The Morgan fingerprint density at radius 3 is 2.69 bits per heavy atom. The molecule has 0 radical (unpaired) electrons. The zero-order valence-electron chi connectivity index (χ0n) is 15.8. The largest absolute Gasteiger partial charge is 0.490 e. The first kappa shape index (κ1) is 18.3. The molecular weight excluding hydrogens is 326 g/mol. The van der Waals surface area contributed by atoms with Gasteiger partial charge in [0.2, 0.25) is 0 Å². The fraction of sp³-hybridized carbons (Fsp3) is 0.500. The molecule has 0 unspecified atom stereocenters. The maximum atomic E-state index is 6.09. The summed E-state index contributed by atoms with van der Waals surface area (Å²) in [6.07, 6.45) is 7.19. The number of rotatable bonds is 6. The summed E-state index contributed by atoms with van der Waals surface area (Å²) in [5.74, 6) is 1.97. The number of aromatic nitrogens is 2. The molecule has 0 amide bonds. The van der Waals surface area contributed by atoms with Crippen molar-refractivity contribution in [3.63, 3.8) is 0 Å². The number of ether oxygens (including phenoxy) is 1. The summed E-state index contributed by atoms with van der Waals surface area (Å²) in [6, 6.07) is 10.1. The van der Waals surface area contributed by atoms with Gasteiger partial charge in [0, 0.05) is 52.3 Å². The fourth-order valence-electron chi connectivity index (χ4n) is 3.19. The highest BCUT2D eigenvalue weighted by Gasteiger charge is 2.22. The van der Waals surface area contributed by atoms with Crippen molar-refractivity contribution >= 4 is 5.96 Å². The molecule has 1 aliphatic rings. The molecule has 0 saturated carbocycles. The van der Waals surface area contributed by atoms with E-state index in [1.165, 1.54) is 5.56 Å². The number of nitrogens with one attached hydrogen (secondary N) is 1. The smallest absolute Gasteiger partial charge is 0.193 e. The normalized spacial score (nSPS) is 15.9. The highest BCUT2D eigenvalue weighted by Crippen LogP contribution is 2.18. The second-order valence-electron chi connectivity index (χ2n) is 6.63. The van der Waals surface area contributed by atoms with Gasteiger partial charge in [-0.1, -0.05) is 18.2 Å². The molecule has 1 aromatic carbocycles. The number of hydrogen-bond donors (Lipinski definition) is 1. The predicted octanol–water partition coefficient (Wildman–Crippen LogP) is 2.47. The Bertz CT molecular complexity index is 689. The first-order valence-corrected chi connectivity index (χ1v) is 9.47. The van der Waals surface area contributed by atoms with Crippen LogP contribution in [0.25, 0.3) is 0 Å². The second kappa shape index (κ2) is 9.27.